The number of nitrogens with one attached hydrogen (secondary N) is 2. The minimum absolute atomic E-state index is 0.0519. The van der Waals surface area contributed by atoms with Crippen molar-refractivity contribution in [1.29, 1.82) is 0 Å². The number of methoxy groups -OCH3 is 1. The van der Waals surface area contributed by atoms with Crippen LogP contribution in [0.25, 0.3) is 0 Å². The van der Waals surface area contributed by atoms with Gasteiger partial charge in [0.25, 0.3) is 5.91 Å². The number of phenolic OH excluding ortho intramolecular Hbond substituents is 1. The predicted molar refractivity (Wildman–Crippen MR) is 92.4 cm³/mol. The summed E-state index contributed by atoms with van der Waals surface area (Å²) in [6, 6.07) is 7.65. The first-order valence-electron chi connectivity index (χ1n) is 6.66. The van der Waals surface area contributed by atoms with Gasteiger partial charge in [0.2, 0.25) is 5.91 Å². The van der Waals surface area contributed by atoms with E-state index in [1.54, 1.807) is 12.1 Å². The number of para-hydroxylation sites is 1. The zero-order chi connectivity index (χ0) is 17.7. The van der Waals surface area contributed by atoms with Crippen molar-refractivity contribution in [1.82, 2.24) is 5.32 Å². The third-order valence-electron chi connectivity index (χ3n) is 2.92. The first-order valence-corrected chi connectivity index (χ1v) is 8.27. The lowest BCUT2D eigenvalue weighted by molar-refractivity contribution is -0.115. The van der Waals surface area contributed by atoms with Crippen molar-refractivity contribution in [2.45, 2.75) is 0 Å². The van der Waals surface area contributed by atoms with E-state index in [2.05, 4.69) is 31.3 Å². The lowest BCUT2D eigenvalue weighted by Crippen LogP contribution is -2.32. The van der Waals surface area contributed by atoms with Crippen LogP contribution in [0.2, 0.25) is 0 Å². The third kappa shape index (κ3) is 4.33. The maximum absolute atomic E-state index is 11.9. The van der Waals surface area contributed by atoms with E-state index in [1.165, 1.54) is 36.6 Å². The number of aromatic hydroxyl groups is 1. The van der Waals surface area contributed by atoms with E-state index in [0.717, 1.165) is 3.79 Å². The Balaban J connectivity index is 1.97. The molecule has 0 saturated carbocycles. The minimum Gasteiger partial charge on any atom is -0.505 e. The number of hydrogen-bond donors (Lipinski definition) is 3. The van der Waals surface area contributed by atoms with Gasteiger partial charge in [-0.3, -0.25) is 9.59 Å². The standard InChI is InChI=1S/C15H13BrN2O5S/c1-23-15(22)8-3-2-4-9(13(8)20)18-12(19)7-17-14(21)10-5-6-11(16)24-10/h2-6,20H,7H2,1H3,(H,17,21)(H,18,19). The van der Waals surface area contributed by atoms with Crippen molar-refractivity contribution in [3.8, 4) is 5.75 Å². The molecule has 2 aromatic rings. The van der Waals surface area contributed by atoms with Crippen molar-refractivity contribution in [2.75, 3.05) is 19.0 Å². The number of thiophene rings is 1. The highest BCUT2D eigenvalue weighted by Crippen LogP contribution is 2.27. The van der Waals surface area contributed by atoms with E-state index >= 15 is 0 Å². The number of esters is 1. The Hall–Kier alpha value is -2.39. The molecule has 0 aliphatic heterocycles. The number of anilines is 1. The van der Waals surface area contributed by atoms with Crippen molar-refractivity contribution in [3.05, 3.63) is 44.6 Å². The molecule has 2 rings (SSSR count). The van der Waals surface area contributed by atoms with Crippen LogP contribution in [-0.4, -0.2) is 36.5 Å². The van der Waals surface area contributed by atoms with Gasteiger partial charge in [-0.25, -0.2) is 4.79 Å². The highest BCUT2D eigenvalue weighted by atomic mass is 79.9. The first-order chi connectivity index (χ1) is 11.4. The molecule has 1 aromatic carbocycles. The van der Waals surface area contributed by atoms with Gasteiger partial charge in [0, 0.05) is 0 Å². The summed E-state index contributed by atoms with van der Waals surface area (Å²) in [5.41, 5.74) is -0.0150. The normalized spacial score (nSPS) is 10.1. The molecule has 126 valence electrons. The number of ether oxygens (including phenoxy) is 1. The Morgan fingerprint density at radius 1 is 1.25 bits per heavy atom. The van der Waals surface area contributed by atoms with Crippen LogP contribution >= 0.6 is 27.3 Å². The lowest BCUT2D eigenvalue weighted by Gasteiger charge is -2.10. The minimum atomic E-state index is -0.722. The predicted octanol–water partition coefficient (Wildman–Crippen LogP) is 2.37. The maximum Gasteiger partial charge on any atom is 0.341 e. The number of rotatable bonds is 5. The van der Waals surface area contributed by atoms with Gasteiger partial charge in [0.1, 0.15) is 5.56 Å². The average Bonchev–Trinajstić information content (AvgIpc) is 3.00. The zero-order valence-corrected chi connectivity index (χ0v) is 14.9. The first kappa shape index (κ1) is 18.0. The maximum atomic E-state index is 11.9. The summed E-state index contributed by atoms with van der Waals surface area (Å²) in [5.74, 6) is -2.05. The molecule has 0 bridgehead atoms. The van der Waals surface area contributed by atoms with Gasteiger partial charge >= 0.3 is 5.97 Å². The molecule has 2 amide bonds. The average molecular weight is 413 g/mol. The molecular weight excluding hydrogens is 400 g/mol. The zero-order valence-electron chi connectivity index (χ0n) is 12.5. The summed E-state index contributed by atoms with van der Waals surface area (Å²) in [6.07, 6.45) is 0. The molecule has 0 radical (unpaired) electrons. The van der Waals surface area contributed by atoms with E-state index in [-0.39, 0.29) is 23.7 Å². The van der Waals surface area contributed by atoms with Crippen LogP contribution in [-0.2, 0) is 9.53 Å². The summed E-state index contributed by atoms with van der Waals surface area (Å²) in [7, 11) is 1.19. The van der Waals surface area contributed by atoms with Gasteiger partial charge < -0.3 is 20.5 Å². The van der Waals surface area contributed by atoms with Gasteiger partial charge in [-0.15, -0.1) is 11.3 Å². The largest absolute Gasteiger partial charge is 0.505 e. The van der Waals surface area contributed by atoms with E-state index in [4.69, 9.17) is 0 Å². The quantitative estimate of drug-likeness (QED) is 0.516. The van der Waals surface area contributed by atoms with Crippen LogP contribution in [0.15, 0.2) is 34.1 Å². The molecule has 0 spiro atoms. The molecule has 9 heteroatoms. The Morgan fingerprint density at radius 3 is 2.62 bits per heavy atom. The van der Waals surface area contributed by atoms with Crippen molar-refractivity contribution < 1.29 is 24.2 Å². The molecule has 0 atom stereocenters. The molecule has 1 heterocycles. The van der Waals surface area contributed by atoms with Crippen LogP contribution in [0.3, 0.4) is 0 Å². The highest BCUT2D eigenvalue weighted by molar-refractivity contribution is 9.11. The van der Waals surface area contributed by atoms with Gasteiger partial charge in [0.05, 0.1) is 28.0 Å². The number of amides is 2. The van der Waals surface area contributed by atoms with Gasteiger partial charge in [-0.05, 0) is 40.2 Å². The van der Waals surface area contributed by atoms with Crippen molar-refractivity contribution in [3.63, 3.8) is 0 Å². The molecule has 24 heavy (non-hydrogen) atoms. The molecule has 0 fully saturated rings. The fourth-order valence-corrected chi connectivity index (χ4v) is 3.10. The van der Waals surface area contributed by atoms with Crippen LogP contribution in [0, 0.1) is 0 Å². The van der Waals surface area contributed by atoms with Crippen LogP contribution < -0.4 is 10.6 Å². The summed E-state index contributed by atoms with van der Waals surface area (Å²) < 4.78 is 5.34. The SMILES string of the molecule is COC(=O)c1cccc(NC(=O)CNC(=O)c2ccc(Br)s2)c1O. The van der Waals surface area contributed by atoms with E-state index in [1.807, 2.05) is 0 Å². The highest BCUT2D eigenvalue weighted by Gasteiger charge is 2.16. The number of hydrogen-bond acceptors (Lipinski definition) is 6. The molecule has 1 aromatic heterocycles. The fourth-order valence-electron chi connectivity index (χ4n) is 1.80. The second-order valence-corrected chi connectivity index (χ2v) is 6.99. The smallest absolute Gasteiger partial charge is 0.341 e. The molecule has 0 saturated heterocycles. The molecule has 0 aliphatic rings. The Labute approximate surface area is 149 Å². The Morgan fingerprint density at radius 2 is 2.00 bits per heavy atom. The Kier molecular flexibility index (Phi) is 5.93. The number of phenols is 1. The van der Waals surface area contributed by atoms with E-state index in [0.29, 0.717) is 4.88 Å². The number of carbonyl (C=O) groups excluding carboxylic acids is 3. The topological polar surface area (TPSA) is 105 Å². The van der Waals surface area contributed by atoms with Crippen LogP contribution in [0.5, 0.6) is 5.75 Å². The van der Waals surface area contributed by atoms with E-state index in [9.17, 15) is 19.5 Å². The number of benzene rings is 1. The molecular formula is C15H13BrN2O5S. The number of carbonyl (C=O) groups is 3. The third-order valence-corrected chi connectivity index (χ3v) is 4.54. The summed E-state index contributed by atoms with van der Waals surface area (Å²) in [5, 5.41) is 14.9. The van der Waals surface area contributed by atoms with Crippen LogP contribution in [0.4, 0.5) is 5.69 Å². The molecule has 3 N–H and O–H groups in total. The van der Waals surface area contributed by atoms with Crippen molar-refractivity contribution >= 4 is 50.7 Å². The summed E-state index contributed by atoms with van der Waals surface area (Å²) in [6.45, 7) is -0.282. The van der Waals surface area contributed by atoms with Gasteiger partial charge in [-0.2, -0.15) is 0 Å². The van der Waals surface area contributed by atoms with Gasteiger partial charge in [-0.1, -0.05) is 6.07 Å². The van der Waals surface area contributed by atoms with Gasteiger partial charge in [0.15, 0.2) is 5.75 Å². The van der Waals surface area contributed by atoms with Crippen LogP contribution in [0.1, 0.15) is 20.0 Å². The molecule has 7 nitrogen and oxygen atoms in total. The second-order valence-electron chi connectivity index (χ2n) is 4.53. The fraction of sp³-hybridized carbons (Fsp3) is 0.133. The lowest BCUT2D eigenvalue weighted by atomic mass is 10.1. The summed E-state index contributed by atoms with van der Waals surface area (Å²) in [4.78, 5) is 35.7. The number of halogens is 1. The Bertz CT molecular complexity index is 790. The second kappa shape index (κ2) is 7.93. The molecule has 0 unspecified atom stereocenters. The monoisotopic (exact) mass is 412 g/mol. The van der Waals surface area contributed by atoms with Crippen molar-refractivity contribution in [2.24, 2.45) is 0 Å². The van der Waals surface area contributed by atoms with E-state index < -0.39 is 17.6 Å². The summed E-state index contributed by atoms with van der Waals surface area (Å²) >= 11 is 4.49. The molecule has 0 aliphatic carbocycles.